The van der Waals surface area contributed by atoms with Crippen molar-refractivity contribution < 1.29 is 4.79 Å². The molecule has 2 rings (SSSR count). The lowest BCUT2D eigenvalue weighted by Gasteiger charge is -2.34. The number of rotatable bonds is 2. The first kappa shape index (κ1) is 11.2. The number of carbonyl (C=O) groups is 1. The molecule has 0 spiro atoms. The Morgan fingerprint density at radius 2 is 1.94 bits per heavy atom. The van der Waals surface area contributed by atoms with Crippen molar-refractivity contribution in [3.8, 4) is 0 Å². The minimum atomic E-state index is 0.00629. The lowest BCUT2D eigenvalue weighted by molar-refractivity contribution is -0.117. The van der Waals surface area contributed by atoms with Crippen LogP contribution < -0.4 is 4.90 Å². The SMILES string of the molecule is CCC1(C)CCC(=O)N1c1ccc(C)cc1. The number of anilines is 1. The number of amides is 1. The van der Waals surface area contributed by atoms with Gasteiger partial charge in [-0.05, 0) is 38.8 Å². The van der Waals surface area contributed by atoms with Gasteiger partial charge in [0.15, 0.2) is 0 Å². The Labute approximate surface area is 97.3 Å². The Morgan fingerprint density at radius 3 is 2.50 bits per heavy atom. The highest BCUT2D eigenvalue weighted by Crippen LogP contribution is 2.36. The van der Waals surface area contributed by atoms with Crippen LogP contribution in [0.4, 0.5) is 5.69 Å². The summed E-state index contributed by atoms with van der Waals surface area (Å²) in [5.41, 5.74) is 2.28. The molecule has 1 amide bonds. The molecular weight excluding hydrogens is 198 g/mol. The van der Waals surface area contributed by atoms with E-state index in [1.165, 1.54) is 5.56 Å². The van der Waals surface area contributed by atoms with E-state index in [-0.39, 0.29) is 11.4 Å². The van der Waals surface area contributed by atoms with Gasteiger partial charge in [0.25, 0.3) is 0 Å². The fraction of sp³-hybridized carbons (Fsp3) is 0.500. The molecule has 1 fully saturated rings. The highest BCUT2D eigenvalue weighted by Gasteiger charge is 2.40. The molecule has 1 aliphatic heterocycles. The lowest BCUT2D eigenvalue weighted by Crippen LogP contribution is -2.42. The molecule has 2 nitrogen and oxygen atoms in total. The molecule has 1 aromatic rings. The van der Waals surface area contributed by atoms with E-state index in [1.807, 2.05) is 17.0 Å². The van der Waals surface area contributed by atoms with Crippen LogP contribution >= 0.6 is 0 Å². The van der Waals surface area contributed by atoms with Crippen LogP contribution in [0.25, 0.3) is 0 Å². The Hall–Kier alpha value is -1.31. The van der Waals surface area contributed by atoms with Gasteiger partial charge in [-0.2, -0.15) is 0 Å². The summed E-state index contributed by atoms with van der Waals surface area (Å²) in [6.07, 6.45) is 2.65. The van der Waals surface area contributed by atoms with Gasteiger partial charge in [-0.25, -0.2) is 0 Å². The van der Waals surface area contributed by atoms with Gasteiger partial charge in [0.2, 0.25) is 5.91 Å². The summed E-state index contributed by atoms with van der Waals surface area (Å²) in [6.45, 7) is 6.39. The zero-order chi connectivity index (χ0) is 11.8. The monoisotopic (exact) mass is 217 g/mol. The quantitative estimate of drug-likeness (QED) is 0.744. The summed E-state index contributed by atoms with van der Waals surface area (Å²) in [6, 6.07) is 8.23. The lowest BCUT2D eigenvalue weighted by atomic mass is 9.95. The van der Waals surface area contributed by atoms with E-state index in [1.54, 1.807) is 0 Å². The molecule has 0 saturated carbocycles. The summed E-state index contributed by atoms with van der Waals surface area (Å²) < 4.78 is 0. The zero-order valence-corrected chi connectivity index (χ0v) is 10.3. The third kappa shape index (κ3) is 1.73. The van der Waals surface area contributed by atoms with Crippen LogP contribution in [0, 0.1) is 6.92 Å². The van der Waals surface area contributed by atoms with Gasteiger partial charge < -0.3 is 4.90 Å². The summed E-state index contributed by atoms with van der Waals surface area (Å²) in [4.78, 5) is 13.9. The molecule has 0 aromatic heterocycles. The number of aryl methyl sites for hydroxylation is 1. The third-order valence-corrected chi connectivity index (χ3v) is 3.72. The molecule has 0 aliphatic carbocycles. The van der Waals surface area contributed by atoms with Crippen molar-refractivity contribution in [3.05, 3.63) is 29.8 Å². The predicted molar refractivity (Wildman–Crippen MR) is 66.6 cm³/mol. The molecule has 86 valence electrons. The van der Waals surface area contributed by atoms with Crippen LogP contribution in [0.15, 0.2) is 24.3 Å². The maximum absolute atomic E-state index is 12.0. The maximum atomic E-state index is 12.0. The zero-order valence-electron chi connectivity index (χ0n) is 10.3. The molecule has 1 unspecified atom stereocenters. The van der Waals surface area contributed by atoms with E-state index in [0.717, 1.165) is 18.5 Å². The number of hydrogen-bond donors (Lipinski definition) is 0. The van der Waals surface area contributed by atoms with Gasteiger partial charge >= 0.3 is 0 Å². The molecule has 0 N–H and O–H groups in total. The van der Waals surface area contributed by atoms with Crippen molar-refractivity contribution in [1.82, 2.24) is 0 Å². The fourth-order valence-corrected chi connectivity index (χ4v) is 2.39. The number of nitrogens with zero attached hydrogens (tertiary/aromatic N) is 1. The molecule has 1 saturated heterocycles. The summed E-state index contributed by atoms with van der Waals surface area (Å²) >= 11 is 0. The van der Waals surface area contributed by atoms with E-state index in [2.05, 4.69) is 32.9 Å². The van der Waals surface area contributed by atoms with E-state index in [9.17, 15) is 4.79 Å². The van der Waals surface area contributed by atoms with Gasteiger partial charge in [-0.1, -0.05) is 24.6 Å². The van der Waals surface area contributed by atoms with Crippen LogP contribution in [-0.2, 0) is 4.79 Å². The highest BCUT2D eigenvalue weighted by atomic mass is 16.2. The molecule has 16 heavy (non-hydrogen) atoms. The van der Waals surface area contributed by atoms with Crippen LogP contribution in [0.2, 0.25) is 0 Å². The van der Waals surface area contributed by atoms with E-state index in [0.29, 0.717) is 6.42 Å². The van der Waals surface area contributed by atoms with Crippen molar-refractivity contribution in [2.45, 2.75) is 45.6 Å². The summed E-state index contributed by atoms with van der Waals surface area (Å²) in [7, 11) is 0. The summed E-state index contributed by atoms with van der Waals surface area (Å²) in [5, 5.41) is 0. The first-order valence-corrected chi connectivity index (χ1v) is 5.96. The Bertz CT molecular complexity index is 396. The Balaban J connectivity index is 2.37. The smallest absolute Gasteiger partial charge is 0.227 e. The van der Waals surface area contributed by atoms with Crippen LogP contribution in [0.1, 0.15) is 38.7 Å². The number of hydrogen-bond acceptors (Lipinski definition) is 1. The number of carbonyl (C=O) groups excluding carboxylic acids is 1. The number of benzene rings is 1. The minimum absolute atomic E-state index is 0.00629. The molecule has 1 atom stereocenters. The average molecular weight is 217 g/mol. The molecule has 1 aromatic carbocycles. The second kappa shape index (κ2) is 3.93. The second-order valence-electron chi connectivity index (χ2n) is 4.92. The van der Waals surface area contributed by atoms with Gasteiger partial charge in [0, 0.05) is 17.6 Å². The normalized spacial score (nSPS) is 25.2. The molecule has 0 bridgehead atoms. The van der Waals surface area contributed by atoms with Gasteiger partial charge in [-0.15, -0.1) is 0 Å². The molecule has 1 aliphatic rings. The van der Waals surface area contributed by atoms with Crippen LogP contribution in [0.3, 0.4) is 0 Å². The highest BCUT2D eigenvalue weighted by molar-refractivity contribution is 5.97. The van der Waals surface area contributed by atoms with Crippen molar-refractivity contribution in [2.24, 2.45) is 0 Å². The fourth-order valence-electron chi connectivity index (χ4n) is 2.39. The van der Waals surface area contributed by atoms with Gasteiger partial charge in [0.05, 0.1) is 0 Å². The maximum Gasteiger partial charge on any atom is 0.227 e. The van der Waals surface area contributed by atoms with Crippen molar-refractivity contribution in [1.29, 1.82) is 0 Å². The predicted octanol–water partition coefficient (Wildman–Crippen LogP) is 3.29. The minimum Gasteiger partial charge on any atom is -0.307 e. The van der Waals surface area contributed by atoms with Gasteiger partial charge in [0.1, 0.15) is 0 Å². The molecule has 2 heteroatoms. The van der Waals surface area contributed by atoms with E-state index in [4.69, 9.17) is 0 Å². The third-order valence-electron chi connectivity index (χ3n) is 3.72. The Kier molecular flexibility index (Phi) is 2.75. The first-order valence-electron chi connectivity index (χ1n) is 5.96. The first-order chi connectivity index (χ1) is 7.57. The van der Waals surface area contributed by atoms with Crippen LogP contribution in [-0.4, -0.2) is 11.4 Å². The van der Waals surface area contributed by atoms with E-state index < -0.39 is 0 Å². The van der Waals surface area contributed by atoms with E-state index >= 15 is 0 Å². The van der Waals surface area contributed by atoms with Crippen molar-refractivity contribution in [2.75, 3.05) is 4.90 Å². The standard InChI is InChI=1S/C14H19NO/c1-4-14(3)10-9-13(16)15(14)12-7-5-11(2)6-8-12/h5-8H,4,9-10H2,1-3H3. The average Bonchev–Trinajstić information content (AvgIpc) is 2.58. The topological polar surface area (TPSA) is 20.3 Å². The van der Waals surface area contributed by atoms with Crippen molar-refractivity contribution >= 4 is 11.6 Å². The molecule has 1 heterocycles. The Morgan fingerprint density at radius 1 is 1.31 bits per heavy atom. The van der Waals surface area contributed by atoms with Gasteiger partial charge in [-0.3, -0.25) is 4.79 Å². The summed E-state index contributed by atoms with van der Waals surface area (Å²) in [5.74, 6) is 0.258. The molecule has 0 radical (unpaired) electrons. The largest absolute Gasteiger partial charge is 0.307 e. The van der Waals surface area contributed by atoms with Crippen LogP contribution in [0.5, 0.6) is 0 Å². The molecular formula is C14H19NO. The van der Waals surface area contributed by atoms with Crippen molar-refractivity contribution in [3.63, 3.8) is 0 Å². The second-order valence-corrected chi connectivity index (χ2v) is 4.92.